The molecule has 0 atom stereocenters. The highest BCUT2D eigenvalue weighted by atomic mass is 16.5. The molecule has 0 N–H and O–H groups in total. The first-order chi connectivity index (χ1) is 13.5. The summed E-state index contributed by atoms with van der Waals surface area (Å²) in [6.45, 7) is 1.96. The number of rotatable bonds is 6. The highest BCUT2D eigenvalue weighted by Crippen LogP contribution is 2.17. The number of hydrogen-bond acceptors (Lipinski definition) is 4. The average molecular weight is 372 g/mol. The molecule has 0 aliphatic carbocycles. The van der Waals surface area contributed by atoms with Gasteiger partial charge in [-0.2, -0.15) is 0 Å². The Bertz CT molecular complexity index is 1000. The van der Waals surface area contributed by atoms with Gasteiger partial charge in [0.2, 0.25) is 0 Å². The molecule has 3 aromatic carbocycles. The van der Waals surface area contributed by atoms with Crippen LogP contribution in [0.5, 0.6) is 11.5 Å². The molecule has 0 heterocycles. The molecule has 3 aromatic rings. The van der Waals surface area contributed by atoms with Crippen molar-refractivity contribution < 1.29 is 19.1 Å². The quantitative estimate of drug-likeness (QED) is 0.261. The molecule has 0 bridgehead atoms. The minimum atomic E-state index is -0.421. The number of hydrogen-bond donors (Lipinski definition) is 0. The molecule has 0 amide bonds. The van der Waals surface area contributed by atoms with E-state index in [0.717, 1.165) is 11.1 Å². The van der Waals surface area contributed by atoms with Crippen LogP contribution in [0.1, 0.15) is 31.8 Å². The van der Waals surface area contributed by atoms with Gasteiger partial charge in [-0.15, -0.1) is 0 Å². The Morgan fingerprint density at radius 2 is 1.50 bits per heavy atom. The molecule has 0 aliphatic heterocycles. The lowest BCUT2D eigenvalue weighted by Gasteiger charge is -2.05. The molecule has 0 spiro atoms. The number of ether oxygens (including phenoxy) is 2. The minimum absolute atomic E-state index is 0.121. The van der Waals surface area contributed by atoms with Gasteiger partial charge in [-0.3, -0.25) is 4.79 Å². The Morgan fingerprint density at radius 1 is 0.821 bits per heavy atom. The van der Waals surface area contributed by atoms with Crippen LogP contribution in [0.4, 0.5) is 0 Å². The summed E-state index contributed by atoms with van der Waals surface area (Å²) in [5.74, 6) is 0.577. The number of allylic oxidation sites excluding steroid dienone is 1. The predicted octanol–water partition coefficient (Wildman–Crippen LogP) is 5.12. The Balaban J connectivity index is 1.68. The van der Waals surface area contributed by atoms with E-state index in [-0.39, 0.29) is 5.78 Å². The van der Waals surface area contributed by atoms with Gasteiger partial charge < -0.3 is 9.47 Å². The fourth-order valence-electron chi connectivity index (χ4n) is 2.56. The number of benzene rings is 3. The van der Waals surface area contributed by atoms with Crippen LogP contribution in [0.15, 0.2) is 78.9 Å². The smallest absolute Gasteiger partial charge is 0.343 e. The summed E-state index contributed by atoms with van der Waals surface area (Å²) in [6, 6.07) is 21.1. The summed E-state index contributed by atoms with van der Waals surface area (Å²) in [5, 5.41) is 0. The van der Waals surface area contributed by atoms with Crippen LogP contribution in [0, 0.1) is 6.92 Å². The molecule has 0 aromatic heterocycles. The first kappa shape index (κ1) is 19.1. The van der Waals surface area contributed by atoms with E-state index < -0.39 is 5.97 Å². The van der Waals surface area contributed by atoms with E-state index in [4.69, 9.17) is 9.47 Å². The summed E-state index contributed by atoms with van der Waals surface area (Å²) >= 11 is 0. The Kier molecular flexibility index (Phi) is 6.02. The lowest BCUT2D eigenvalue weighted by molar-refractivity contribution is 0.0734. The second kappa shape index (κ2) is 8.82. The van der Waals surface area contributed by atoms with Gasteiger partial charge in [0.25, 0.3) is 0 Å². The van der Waals surface area contributed by atoms with Crippen molar-refractivity contribution in [3.05, 3.63) is 101 Å². The number of carbonyl (C=O) groups is 2. The minimum Gasteiger partial charge on any atom is -0.497 e. The van der Waals surface area contributed by atoms with Gasteiger partial charge in [0.15, 0.2) is 5.78 Å². The Hall–Kier alpha value is -3.66. The van der Waals surface area contributed by atoms with Crippen molar-refractivity contribution >= 4 is 17.8 Å². The zero-order chi connectivity index (χ0) is 19.9. The van der Waals surface area contributed by atoms with Crippen LogP contribution in [0.3, 0.4) is 0 Å². The summed E-state index contributed by atoms with van der Waals surface area (Å²) in [7, 11) is 1.58. The first-order valence-electron chi connectivity index (χ1n) is 8.80. The van der Waals surface area contributed by atoms with E-state index in [9.17, 15) is 9.59 Å². The number of aryl methyl sites for hydroxylation is 1. The SMILES string of the molecule is COc1ccc(C(=O)C=Cc2cccc(OC(=O)c3ccc(C)cc3)c2)cc1. The van der Waals surface area contributed by atoms with E-state index in [1.165, 1.54) is 6.08 Å². The van der Waals surface area contributed by atoms with Crippen molar-refractivity contribution in [3.63, 3.8) is 0 Å². The zero-order valence-corrected chi connectivity index (χ0v) is 15.7. The van der Waals surface area contributed by atoms with E-state index in [1.807, 2.05) is 25.1 Å². The maximum Gasteiger partial charge on any atom is 0.343 e. The van der Waals surface area contributed by atoms with Gasteiger partial charge in [-0.25, -0.2) is 4.79 Å². The number of esters is 1. The van der Waals surface area contributed by atoms with E-state index in [1.54, 1.807) is 67.8 Å². The molecule has 0 unspecified atom stereocenters. The molecule has 0 fully saturated rings. The highest BCUT2D eigenvalue weighted by Gasteiger charge is 2.08. The summed E-state index contributed by atoms with van der Waals surface area (Å²) in [4.78, 5) is 24.5. The third-order valence-corrected chi connectivity index (χ3v) is 4.16. The second-order valence-electron chi connectivity index (χ2n) is 6.25. The van der Waals surface area contributed by atoms with E-state index in [0.29, 0.717) is 22.6 Å². The molecule has 3 rings (SSSR count). The standard InChI is InChI=1S/C24H20O4/c1-17-6-9-20(10-7-17)24(26)28-22-5-3-4-18(16-22)8-15-23(25)19-11-13-21(27-2)14-12-19/h3-16H,1-2H3. The zero-order valence-electron chi connectivity index (χ0n) is 15.7. The van der Waals surface area contributed by atoms with Gasteiger partial charge in [-0.05, 0) is 67.1 Å². The molecular formula is C24H20O4. The largest absolute Gasteiger partial charge is 0.497 e. The maximum atomic E-state index is 12.3. The Morgan fingerprint density at radius 3 is 2.18 bits per heavy atom. The third-order valence-electron chi connectivity index (χ3n) is 4.16. The predicted molar refractivity (Wildman–Crippen MR) is 109 cm³/mol. The summed E-state index contributed by atoms with van der Waals surface area (Å²) in [6.07, 6.45) is 3.18. The van der Waals surface area contributed by atoms with E-state index >= 15 is 0 Å². The van der Waals surface area contributed by atoms with Crippen molar-refractivity contribution in [2.45, 2.75) is 6.92 Å². The third kappa shape index (κ3) is 4.95. The van der Waals surface area contributed by atoms with Gasteiger partial charge in [0, 0.05) is 5.56 Å². The average Bonchev–Trinajstić information content (AvgIpc) is 2.73. The lowest BCUT2D eigenvalue weighted by atomic mass is 10.1. The van der Waals surface area contributed by atoms with Gasteiger partial charge in [0.1, 0.15) is 11.5 Å². The van der Waals surface area contributed by atoms with Crippen LogP contribution in [-0.2, 0) is 0 Å². The molecule has 4 nitrogen and oxygen atoms in total. The molecule has 4 heteroatoms. The van der Waals surface area contributed by atoms with Crippen LogP contribution in [0.2, 0.25) is 0 Å². The van der Waals surface area contributed by atoms with Crippen LogP contribution >= 0.6 is 0 Å². The monoisotopic (exact) mass is 372 g/mol. The maximum absolute atomic E-state index is 12.3. The van der Waals surface area contributed by atoms with Crippen molar-refractivity contribution in [3.8, 4) is 11.5 Å². The second-order valence-corrected chi connectivity index (χ2v) is 6.25. The van der Waals surface area contributed by atoms with Gasteiger partial charge >= 0.3 is 5.97 Å². The molecule has 28 heavy (non-hydrogen) atoms. The summed E-state index contributed by atoms with van der Waals surface area (Å²) in [5.41, 5.74) is 2.89. The van der Waals surface area contributed by atoms with Crippen LogP contribution < -0.4 is 9.47 Å². The summed E-state index contributed by atoms with van der Waals surface area (Å²) < 4.78 is 10.5. The number of carbonyl (C=O) groups excluding carboxylic acids is 2. The Labute approximate surface area is 164 Å². The van der Waals surface area contributed by atoms with Gasteiger partial charge in [0.05, 0.1) is 12.7 Å². The fourth-order valence-corrected chi connectivity index (χ4v) is 2.56. The van der Waals surface area contributed by atoms with Gasteiger partial charge in [-0.1, -0.05) is 35.9 Å². The van der Waals surface area contributed by atoms with Crippen LogP contribution in [-0.4, -0.2) is 18.9 Å². The molecule has 140 valence electrons. The normalized spacial score (nSPS) is 10.6. The molecule has 0 saturated heterocycles. The first-order valence-corrected chi connectivity index (χ1v) is 8.80. The van der Waals surface area contributed by atoms with Crippen molar-refractivity contribution in [2.75, 3.05) is 7.11 Å². The molecule has 0 radical (unpaired) electrons. The molecule has 0 saturated carbocycles. The van der Waals surface area contributed by atoms with E-state index in [2.05, 4.69) is 0 Å². The number of ketones is 1. The van der Waals surface area contributed by atoms with Crippen molar-refractivity contribution in [2.24, 2.45) is 0 Å². The fraction of sp³-hybridized carbons (Fsp3) is 0.0833. The van der Waals surface area contributed by atoms with Crippen LogP contribution in [0.25, 0.3) is 6.08 Å². The van der Waals surface area contributed by atoms with Crippen molar-refractivity contribution in [1.82, 2.24) is 0 Å². The number of methoxy groups -OCH3 is 1. The molecular weight excluding hydrogens is 352 g/mol. The topological polar surface area (TPSA) is 52.6 Å². The lowest BCUT2D eigenvalue weighted by Crippen LogP contribution is -2.08. The highest BCUT2D eigenvalue weighted by molar-refractivity contribution is 6.06. The molecule has 0 aliphatic rings. The van der Waals surface area contributed by atoms with Crippen molar-refractivity contribution in [1.29, 1.82) is 0 Å².